The van der Waals surface area contributed by atoms with Gasteiger partial charge in [-0.15, -0.1) is 0 Å². The van der Waals surface area contributed by atoms with Crippen LogP contribution < -0.4 is 10.1 Å². The monoisotopic (exact) mass is 429 g/mol. The van der Waals surface area contributed by atoms with E-state index >= 15 is 0 Å². The van der Waals surface area contributed by atoms with Gasteiger partial charge in [-0.2, -0.15) is 9.48 Å². The van der Waals surface area contributed by atoms with Gasteiger partial charge in [-0.3, -0.25) is 0 Å². The molecule has 0 aromatic heterocycles. The summed E-state index contributed by atoms with van der Waals surface area (Å²) >= 11 is 0. The molecular weight excluding hydrogens is 396 g/mol. The molecule has 1 saturated heterocycles. The van der Waals surface area contributed by atoms with Gasteiger partial charge in [0, 0.05) is 24.7 Å². The summed E-state index contributed by atoms with van der Waals surface area (Å²) in [6.45, 7) is 8.66. The zero-order chi connectivity index (χ0) is 22.8. The van der Waals surface area contributed by atoms with Gasteiger partial charge in [0.1, 0.15) is 23.2 Å². The molecule has 2 heterocycles. The van der Waals surface area contributed by atoms with Crippen LogP contribution in [-0.4, -0.2) is 66.7 Å². The molecule has 8 nitrogen and oxygen atoms in total. The quantitative estimate of drug-likeness (QED) is 0.739. The number of likely N-dealkylation sites (tertiary alicyclic amines) is 1. The number of aryl methyl sites for hydroxylation is 1. The highest BCUT2D eigenvalue weighted by atomic mass is 16.6. The van der Waals surface area contributed by atoms with Crippen LogP contribution in [0.2, 0.25) is 0 Å². The van der Waals surface area contributed by atoms with Crippen LogP contribution in [0.4, 0.5) is 9.59 Å². The predicted octanol–water partition coefficient (Wildman–Crippen LogP) is 3.90. The number of amides is 3. The number of urea groups is 1. The minimum Gasteiger partial charge on any atom is -0.496 e. The molecule has 1 aromatic carbocycles. The third kappa shape index (κ3) is 5.44. The molecule has 1 aromatic rings. The summed E-state index contributed by atoms with van der Waals surface area (Å²) in [6.07, 6.45) is 4.56. The Labute approximate surface area is 184 Å². The number of methoxy groups -OCH3 is 1. The zero-order valence-corrected chi connectivity index (χ0v) is 19.3. The van der Waals surface area contributed by atoms with E-state index in [-0.39, 0.29) is 22.6 Å². The van der Waals surface area contributed by atoms with E-state index in [2.05, 4.69) is 10.3 Å². The van der Waals surface area contributed by atoms with Crippen molar-refractivity contribution in [2.24, 2.45) is 4.99 Å². The van der Waals surface area contributed by atoms with Crippen LogP contribution in [0, 0.1) is 6.92 Å². The molecule has 31 heavy (non-hydrogen) atoms. The van der Waals surface area contributed by atoms with Crippen molar-refractivity contribution < 1.29 is 23.5 Å². The Balaban J connectivity index is 1.58. The number of hydrogen-bond donors (Lipinski definition) is 1. The first-order valence-corrected chi connectivity index (χ1v) is 10.6. The van der Waals surface area contributed by atoms with Crippen LogP contribution in [0.1, 0.15) is 44.7 Å². The molecule has 0 radical (unpaired) electrons. The van der Waals surface area contributed by atoms with Gasteiger partial charge in [0.2, 0.25) is 6.34 Å². The van der Waals surface area contributed by atoms with E-state index in [9.17, 15) is 9.59 Å². The summed E-state index contributed by atoms with van der Waals surface area (Å²) in [5.41, 5.74) is 2.19. The lowest BCUT2D eigenvalue weighted by Crippen LogP contribution is -2.54. The van der Waals surface area contributed by atoms with Gasteiger partial charge in [0.15, 0.2) is 0 Å². The molecule has 0 spiro atoms. The van der Waals surface area contributed by atoms with Crippen molar-refractivity contribution >= 4 is 24.2 Å². The maximum absolute atomic E-state index is 13.0. The number of quaternary nitrogens is 1. The molecule has 0 saturated carbocycles. The first kappa shape index (κ1) is 22.8. The number of rotatable bonds is 3. The van der Waals surface area contributed by atoms with Gasteiger partial charge < -0.3 is 19.7 Å². The SMILES string of the molecule is COc1ccc(C2=C[N+](C)(C(=O)NC3CCN(C(=O)OC(C)(C)C)CC3)C=N2)cc1C. The average molecular weight is 430 g/mol. The van der Waals surface area contributed by atoms with E-state index in [1.165, 1.54) is 0 Å². The Hall–Kier alpha value is -2.87. The van der Waals surface area contributed by atoms with E-state index in [4.69, 9.17) is 9.47 Å². The lowest BCUT2D eigenvalue weighted by atomic mass is 10.1. The van der Waals surface area contributed by atoms with Gasteiger partial charge in [0.05, 0.1) is 14.2 Å². The molecule has 3 rings (SSSR count). The van der Waals surface area contributed by atoms with Crippen molar-refractivity contribution in [2.75, 3.05) is 27.2 Å². The fourth-order valence-corrected chi connectivity index (χ4v) is 3.65. The number of hydrogen-bond acceptors (Lipinski definition) is 5. The molecule has 2 aliphatic heterocycles. The van der Waals surface area contributed by atoms with E-state index in [0.717, 1.165) is 22.6 Å². The third-order valence-electron chi connectivity index (χ3n) is 5.43. The number of carbonyl (C=O) groups excluding carboxylic acids is 2. The maximum Gasteiger partial charge on any atom is 0.427 e. The number of nitrogens with zero attached hydrogens (tertiary/aromatic N) is 3. The van der Waals surface area contributed by atoms with E-state index < -0.39 is 5.60 Å². The molecule has 0 aliphatic carbocycles. The van der Waals surface area contributed by atoms with E-state index in [0.29, 0.717) is 25.9 Å². The maximum atomic E-state index is 13.0. The number of nitrogens with one attached hydrogen (secondary N) is 1. The second-order valence-electron chi connectivity index (χ2n) is 9.28. The minimum absolute atomic E-state index is 0.00946. The lowest BCUT2D eigenvalue weighted by molar-refractivity contribution is -0.665. The van der Waals surface area contributed by atoms with Crippen molar-refractivity contribution in [1.29, 1.82) is 0 Å². The van der Waals surface area contributed by atoms with Gasteiger partial charge >= 0.3 is 12.1 Å². The van der Waals surface area contributed by atoms with E-state index in [1.54, 1.807) is 25.4 Å². The summed E-state index contributed by atoms with van der Waals surface area (Å²) in [5.74, 6) is 0.819. The summed E-state index contributed by atoms with van der Waals surface area (Å²) in [5, 5.41) is 3.11. The van der Waals surface area contributed by atoms with Crippen molar-refractivity contribution in [3.8, 4) is 5.75 Å². The molecule has 1 fully saturated rings. The lowest BCUT2D eigenvalue weighted by Gasteiger charge is -2.34. The van der Waals surface area contributed by atoms with Crippen molar-refractivity contribution in [3.63, 3.8) is 0 Å². The number of benzene rings is 1. The summed E-state index contributed by atoms with van der Waals surface area (Å²) in [7, 11) is 3.45. The van der Waals surface area contributed by atoms with Crippen molar-refractivity contribution in [2.45, 2.75) is 52.2 Å². The topological polar surface area (TPSA) is 80.2 Å². The molecule has 1 N–H and O–H groups in total. The van der Waals surface area contributed by atoms with Gasteiger partial charge in [0.25, 0.3) is 0 Å². The normalized spacial score (nSPS) is 21.6. The molecule has 8 heteroatoms. The first-order chi connectivity index (χ1) is 14.5. The standard InChI is InChI=1S/C23H32N4O4/c1-16-13-17(7-8-20(16)30-6)19-14-27(5,15-24-19)21(28)25-18-9-11-26(12-10-18)22(29)31-23(2,3)4/h7-8,13-15,18H,9-12H2,1-6H3/p+1. The molecule has 2 aliphatic rings. The molecule has 1 unspecified atom stereocenters. The molecule has 168 valence electrons. The summed E-state index contributed by atoms with van der Waals surface area (Å²) < 4.78 is 10.7. The fourth-order valence-electron chi connectivity index (χ4n) is 3.65. The number of carbonyl (C=O) groups is 2. The predicted molar refractivity (Wildman–Crippen MR) is 120 cm³/mol. The Morgan fingerprint density at radius 2 is 1.90 bits per heavy atom. The average Bonchev–Trinajstić information content (AvgIpc) is 3.11. The first-order valence-electron chi connectivity index (χ1n) is 10.6. The Kier molecular flexibility index (Phi) is 6.40. The van der Waals surface area contributed by atoms with Crippen LogP contribution in [0.25, 0.3) is 5.70 Å². The summed E-state index contributed by atoms with van der Waals surface area (Å²) in [4.78, 5) is 31.4. The van der Waals surface area contributed by atoms with Gasteiger partial charge in [-0.25, -0.2) is 9.59 Å². The number of piperidine rings is 1. The highest BCUT2D eigenvalue weighted by Crippen LogP contribution is 2.28. The van der Waals surface area contributed by atoms with Crippen molar-refractivity contribution in [3.05, 3.63) is 35.5 Å². The third-order valence-corrected chi connectivity index (χ3v) is 5.43. The van der Waals surface area contributed by atoms with Gasteiger partial charge in [-0.1, -0.05) is 0 Å². The van der Waals surface area contributed by atoms with E-state index in [1.807, 2.05) is 52.1 Å². The molecule has 3 amide bonds. The van der Waals surface area contributed by atoms with Crippen molar-refractivity contribution in [1.82, 2.24) is 10.2 Å². The summed E-state index contributed by atoms with van der Waals surface area (Å²) in [6, 6.07) is 5.72. The Morgan fingerprint density at radius 1 is 1.23 bits per heavy atom. The largest absolute Gasteiger partial charge is 0.496 e. The van der Waals surface area contributed by atoms with Gasteiger partial charge in [-0.05, 0) is 64.3 Å². The molecular formula is C23H33N4O4+. The second kappa shape index (κ2) is 8.70. The van der Waals surface area contributed by atoms with Crippen LogP contribution in [0.15, 0.2) is 29.4 Å². The number of aliphatic imine (C=N–C) groups is 1. The van der Waals surface area contributed by atoms with Crippen LogP contribution >= 0.6 is 0 Å². The highest BCUT2D eigenvalue weighted by molar-refractivity contribution is 5.84. The highest BCUT2D eigenvalue weighted by Gasteiger charge is 2.36. The Morgan fingerprint density at radius 3 is 2.48 bits per heavy atom. The number of ether oxygens (including phenoxy) is 2. The van der Waals surface area contributed by atoms with Crippen LogP contribution in [0.3, 0.4) is 0 Å². The minimum atomic E-state index is -0.511. The van der Waals surface area contributed by atoms with Crippen LogP contribution in [-0.2, 0) is 4.74 Å². The zero-order valence-electron chi connectivity index (χ0n) is 19.3. The van der Waals surface area contributed by atoms with Crippen LogP contribution in [0.5, 0.6) is 5.75 Å². The second-order valence-corrected chi connectivity index (χ2v) is 9.28. The molecule has 1 atom stereocenters. The smallest absolute Gasteiger partial charge is 0.427 e. The molecule has 0 bridgehead atoms. The Bertz CT molecular complexity index is 911. The fraction of sp³-hybridized carbons (Fsp3) is 0.522.